The van der Waals surface area contributed by atoms with E-state index in [1.54, 1.807) is 38.1 Å². The van der Waals surface area contributed by atoms with Crippen LogP contribution in [0.15, 0.2) is 24.3 Å². The van der Waals surface area contributed by atoms with E-state index in [0.29, 0.717) is 11.3 Å². The molecule has 0 atom stereocenters. The normalized spacial score (nSPS) is 15.0. The van der Waals surface area contributed by atoms with Crippen molar-refractivity contribution in [3.05, 3.63) is 29.8 Å². The zero-order valence-electron chi connectivity index (χ0n) is 14.8. The van der Waals surface area contributed by atoms with Crippen LogP contribution in [0.5, 0.6) is 0 Å². The SMILES string of the molecule is CC(C)(CC(=O)O)CC(=O)Nc1ccc(C(=O)NC2CCCC2)cc1. The Morgan fingerprint density at radius 1 is 1.08 bits per heavy atom. The molecule has 1 saturated carbocycles. The van der Waals surface area contributed by atoms with Gasteiger partial charge in [-0.25, -0.2) is 0 Å². The molecule has 0 saturated heterocycles. The van der Waals surface area contributed by atoms with Crippen molar-refractivity contribution in [3.63, 3.8) is 0 Å². The van der Waals surface area contributed by atoms with Crippen LogP contribution < -0.4 is 10.6 Å². The Bertz CT molecular complexity index is 631. The van der Waals surface area contributed by atoms with Crippen LogP contribution in [0, 0.1) is 5.41 Å². The highest BCUT2D eigenvalue weighted by Crippen LogP contribution is 2.25. The van der Waals surface area contributed by atoms with Gasteiger partial charge in [-0.1, -0.05) is 26.7 Å². The van der Waals surface area contributed by atoms with Crippen molar-refractivity contribution < 1.29 is 19.5 Å². The molecule has 3 N–H and O–H groups in total. The van der Waals surface area contributed by atoms with Crippen LogP contribution in [-0.2, 0) is 9.59 Å². The molecule has 1 fully saturated rings. The van der Waals surface area contributed by atoms with Gasteiger partial charge < -0.3 is 15.7 Å². The van der Waals surface area contributed by atoms with Crippen LogP contribution in [0.2, 0.25) is 0 Å². The monoisotopic (exact) mass is 346 g/mol. The van der Waals surface area contributed by atoms with E-state index in [4.69, 9.17) is 5.11 Å². The average Bonchev–Trinajstić information content (AvgIpc) is 2.98. The third-order valence-electron chi connectivity index (χ3n) is 4.39. The predicted molar refractivity (Wildman–Crippen MR) is 95.4 cm³/mol. The minimum Gasteiger partial charge on any atom is -0.481 e. The van der Waals surface area contributed by atoms with Crippen LogP contribution in [0.4, 0.5) is 5.69 Å². The van der Waals surface area contributed by atoms with Gasteiger partial charge >= 0.3 is 5.97 Å². The van der Waals surface area contributed by atoms with Crippen LogP contribution in [-0.4, -0.2) is 28.9 Å². The van der Waals surface area contributed by atoms with Crippen LogP contribution >= 0.6 is 0 Å². The molecule has 25 heavy (non-hydrogen) atoms. The maximum Gasteiger partial charge on any atom is 0.303 e. The average molecular weight is 346 g/mol. The first-order valence-electron chi connectivity index (χ1n) is 8.68. The molecule has 2 amide bonds. The molecule has 0 spiro atoms. The molecule has 6 heteroatoms. The zero-order valence-corrected chi connectivity index (χ0v) is 14.8. The fourth-order valence-electron chi connectivity index (χ4n) is 3.16. The number of hydrogen-bond donors (Lipinski definition) is 3. The van der Waals surface area contributed by atoms with Crippen molar-refractivity contribution >= 4 is 23.5 Å². The summed E-state index contributed by atoms with van der Waals surface area (Å²) in [7, 11) is 0. The maximum absolute atomic E-state index is 12.2. The van der Waals surface area contributed by atoms with Gasteiger partial charge in [-0.3, -0.25) is 14.4 Å². The number of aliphatic carboxylic acids is 1. The number of rotatable bonds is 7. The Labute approximate surface area is 148 Å². The van der Waals surface area contributed by atoms with E-state index < -0.39 is 11.4 Å². The quantitative estimate of drug-likeness (QED) is 0.706. The van der Waals surface area contributed by atoms with E-state index in [9.17, 15) is 14.4 Å². The first kappa shape index (κ1) is 19.0. The molecular formula is C19H26N2O4. The fourth-order valence-corrected chi connectivity index (χ4v) is 3.16. The molecule has 136 valence electrons. The lowest BCUT2D eigenvalue weighted by molar-refractivity contribution is -0.139. The minimum absolute atomic E-state index is 0.0688. The maximum atomic E-state index is 12.2. The third-order valence-corrected chi connectivity index (χ3v) is 4.39. The molecule has 0 bridgehead atoms. The number of anilines is 1. The first-order chi connectivity index (χ1) is 11.7. The van der Waals surface area contributed by atoms with Gasteiger partial charge in [-0.2, -0.15) is 0 Å². The Morgan fingerprint density at radius 2 is 1.68 bits per heavy atom. The minimum atomic E-state index is -0.921. The zero-order chi connectivity index (χ0) is 18.4. The molecular weight excluding hydrogens is 320 g/mol. The predicted octanol–water partition coefficient (Wildman–Crippen LogP) is 3.19. The molecule has 0 aromatic heterocycles. The summed E-state index contributed by atoms with van der Waals surface area (Å²) in [6, 6.07) is 7.00. The number of amides is 2. The van der Waals surface area contributed by atoms with E-state index in [1.165, 1.54) is 0 Å². The summed E-state index contributed by atoms with van der Waals surface area (Å²) in [5, 5.41) is 14.6. The molecule has 1 aromatic rings. The summed E-state index contributed by atoms with van der Waals surface area (Å²) in [4.78, 5) is 35.1. The van der Waals surface area contributed by atoms with Crippen LogP contribution in [0.1, 0.15) is 62.7 Å². The lowest BCUT2D eigenvalue weighted by Crippen LogP contribution is -2.32. The van der Waals surface area contributed by atoms with E-state index in [0.717, 1.165) is 25.7 Å². The van der Waals surface area contributed by atoms with E-state index in [-0.39, 0.29) is 30.7 Å². The molecule has 0 radical (unpaired) electrons. The van der Waals surface area contributed by atoms with Gasteiger partial charge in [0.05, 0.1) is 6.42 Å². The summed E-state index contributed by atoms with van der Waals surface area (Å²) in [5.41, 5.74) is 0.543. The second-order valence-electron chi connectivity index (χ2n) is 7.49. The fraction of sp³-hybridized carbons (Fsp3) is 0.526. The topological polar surface area (TPSA) is 95.5 Å². The molecule has 2 rings (SSSR count). The molecule has 0 heterocycles. The standard InChI is InChI=1S/C19H26N2O4/c1-19(2,12-17(23)24)11-16(22)20-15-9-7-13(8-10-15)18(25)21-14-5-3-4-6-14/h7-10,14H,3-6,11-12H2,1-2H3,(H,20,22)(H,21,25)(H,23,24). The Morgan fingerprint density at radius 3 is 2.24 bits per heavy atom. The number of hydrogen-bond acceptors (Lipinski definition) is 3. The molecule has 0 aliphatic heterocycles. The van der Waals surface area contributed by atoms with Crippen LogP contribution in [0.25, 0.3) is 0 Å². The highest BCUT2D eigenvalue weighted by molar-refractivity contribution is 5.96. The second kappa shape index (κ2) is 8.14. The van der Waals surface area contributed by atoms with Gasteiger partial charge in [0, 0.05) is 23.7 Å². The van der Waals surface area contributed by atoms with E-state index in [1.807, 2.05) is 0 Å². The first-order valence-corrected chi connectivity index (χ1v) is 8.68. The smallest absolute Gasteiger partial charge is 0.303 e. The number of benzene rings is 1. The van der Waals surface area contributed by atoms with Gasteiger partial charge in [0.2, 0.25) is 5.91 Å². The lowest BCUT2D eigenvalue weighted by atomic mass is 9.85. The molecule has 1 aliphatic carbocycles. The van der Waals surface area contributed by atoms with Gasteiger partial charge in [-0.05, 0) is 42.5 Å². The Hall–Kier alpha value is -2.37. The summed E-state index contributed by atoms with van der Waals surface area (Å²) >= 11 is 0. The molecule has 6 nitrogen and oxygen atoms in total. The number of carboxylic acid groups (broad SMARTS) is 1. The number of carbonyl (C=O) groups is 3. The number of nitrogens with one attached hydrogen (secondary N) is 2. The van der Waals surface area contributed by atoms with Crippen molar-refractivity contribution in [1.82, 2.24) is 5.32 Å². The van der Waals surface area contributed by atoms with Crippen molar-refractivity contribution in [2.45, 2.75) is 58.4 Å². The van der Waals surface area contributed by atoms with Crippen LogP contribution in [0.3, 0.4) is 0 Å². The lowest BCUT2D eigenvalue weighted by Gasteiger charge is -2.21. The van der Waals surface area contributed by atoms with E-state index >= 15 is 0 Å². The van der Waals surface area contributed by atoms with Gasteiger partial charge in [0.15, 0.2) is 0 Å². The third kappa shape index (κ3) is 6.21. The van der Waals surface area contributed by atoms with Gasteiger partial charge in [0.1, 0.15) is 0 Å². The second-order valence-corrected chi connectivity index (χ2v) is 7.49. The Balaban J connectivity index is 1.87. The number of carboxylic acids is 1. The highest BCUT2D eigenvalue weighted by atomic mass is 16.4. The largest absolute Gasteiger partial charge is 0.481 e. The van der Waals surface area contributed by atoms with Gasteiger partial charge in [-0.15, -0.1) is 0 Å². The summed E-state index contributed by atoms with van der Waals surface area (Å²) in [6.07, 6.45) is 4.43. The van der Waals surface area contributed by atoms with Crippen molar-refractivity contribution in [1.29, 1.82) is 0 Å². The van der Waals surface area contributed by atoms with Crippen molar-refractivity contribution in [3.8, 4) is 0 Å². The Kier molecular flexibility index (Phi) is 6.17. The van der Waals surface area contributed by atoms with Gasteiger partial charge in [0.25, 0.3) is 5.91 Å². The van der Waals surface area contributed by atoms with E-state index in [2.05, 4.69) is 10.6 Å². The highest BCUT2D eigenvalue weighted by Gasteiger charge is 2.25. The van der Waals surface area contributed by atoms with Crippen molar-refractivity contribution in [2.24, 2.45) is 5.41 Å². The van der Waals surface area contributed by atoms with Crippen molar-refractivity contribution in [2.75, 3.05) is 5.32 Å². The summed E-state index contributed by atoms with van der Waals surface area (Å²) < 4.78 is 0. The molecule has 1 aliphatic rings. The molecule has 1 aromatic carbocycles. The summed E-state index contributed by atoms with van der Waals surface area (Å²) in [6.45, 7) is 3.49. The summed E-state index contributed by atoms with van der Waals surface area (Å²) in [5.74, 6) is -1.25. The number of carbonyl (C=O) groups excluding carboxylic acids is 2. The molecule has 0 unspecified atom stereocenters.